The van der Waals surface area contributed by atoms with Crippen molar-refractivity contribution in [1.82, 2.24) is 15.5 Å². The van der Waals surface area contributed by atoms with Gasteiger partial charge in [0.25, 0.3) is 0 Å². The SMILES string of the molecule is CC1COCC(C)N1CCOc1ccc(C[C@H](C[C@H](O)[C@H](Cc2ccccc2)NC(=O)OC(C)(C)C)C(=O)N[C@H]2c3ccccc3C[C@H]2O)cc1. The minimum absolute atomic E-state index is 0.0672. The number of carbonyl (C=O) groups is 2. The highest BCUT2D eigenvalue weighted by Gasteiger charge is 2.35. The lowest BCUT2D eigenvalue weighted by Gasteiger charge is -2.38. The molecular formula is C41H55N3O7. The summed E-state index contributed by atoms with van der Waals surface area (Å²) in [6.45, 7) is 12.5. The number of nitrogens with zero attached hydrogens (tertiary/aromatic N) is 1. The van der Waals surface area contributed by atoms with Gasteiger partial charge >= 0.3 is 6.09 Å². The third-order valence-corrected chi connectivity index (χ3v) is 9.74. The summed E-state index contributed by atoms with van der Waals surface area (Å²) in [5.74, 6) is -0.210. The van der Waals surface area contributed by atoms with Crippen LogP contribution >= 0.6 is 0 Å². The molecule has 0 radical (unpaired) electrons. The van der Waals surface area contributed by atoms with Crippen LogP contribution in [0.2, 0.25) is 0 Å². The third kappa shape index (κ3) is 11.0. The first-order chi connectivity index (χ1) is 24.4. The number of amides is 2. The van der Waals surface area contributed by atoms with E-state index in [1.54, 1.807) is 20.8 Å². The smallest absolute Gasteiger partial charge is 0.407 e. The molecule has 3 aromatic carbocycles. The molecule has 51 heavy (non-hydrogen) atoms. The summed E-state index contributed by atoms with van der Waals surface area (Å²) in [4.78, 5) is 29.4. The number of ether oxygens (including phenoxy) is 3. The number of nitrogens with one attached hydrogen (secondary N) is 2. The van der Waals surface area contributed by atoms with Gasteiger partial charge in [0.05, 0.1) is 37.5 Å². The van der Waals surface area contributed by atoms with Crippen molar-refractivity contribution >= 4 is 12.0 Å². The van der Waals surface area contributed by atoms with Crippen LogP contribution in [0.3, 0.4) is 0 Å². The normalized spacial score (nSPS) is 22.3. The van der Waals surface area contributed by atoms with Crippen LogP contribution in [0.25, 0.3) is 0 Å². The van der Waals surface area contributed by atoms with Crippen molar-refractivity contribution in [2.45, 2.75) is 102 Å². The molecule has 4 N–H and O–H groups in total. The van der Waals surface area contributed by atoms with E-state index in [1.807, 2.05) is 78.9 Å². The second-order valence-electron chi connectivity index (χ2n) is 15.1. The first-order valence-corrected chi connectivity index (χ1v) is 18.2. The van der Waals surface area contributed by atoms with Crippen LogP contribution in [0.1, 0.15) is 69.3 Å². The zero-order chi connectivity index (χ0) is 36.5. The molecule has 0 bridgehead atoms. The molecule has 10 nitrogen and oxygen atoms in total. The Balaban J connectivity index is 1.31. The number of fused-ring (bicyclic) bond motifs is 1. The van der Waals surface area contributed by atoms with Crippen molar-refractivity contribution < 1.29 is 34.0 Å². The standard InChI is InChI=1S/C41H55N3O7/c1-27-25-49-26-28(2)44(27)19-20-50-33-17-15-30(16-18-33)21-32(39(47)43-38-34-14-10-9-13-31(34)23-37(38)46)24-36(45)35(22-29-11-7-6-8-12-29)42-40(48)51-41(3,4)5/h6-18,27-28,32,35-38,45-46H,19-26H2,1-5H3,(H,42,48)(H,43,47)/t27?,28?,32-,35+,36+,37-,38+/m1/s1. The van der Waals surface area contributed by atoms with E-state index in [2.05, 4.69) is 29.4 Å². The Hall–Kier alpha value is -3.96. The number of rotatable bonds is 14. The summed E-state index contributed by atoms with van der Waals surface area (Å²) in [5.41, 5.74) is 3.01. The molecule has 7 atom stereocenters. The maximum Gasteiger partial charge on any atom is 0.407 e. The first kappa shape index (κ1) is 38.3. The van der Waals surface area contributed by atoms with Gasteiger partial charge in [0.2, 0.25) is 5.91 Å². The van der Waals surface area contributed by atoms with Gasteiger partial charge in [-0.1, -0.05) is 66.7 Å². The van der Waals surface area contributed by atoms with E-state index in [1.165, 1.54) is 0 Å². The monoisotopic (exact) mass is 701 g/mol. The molecule has 2 aliphatic rings. The van der Waals surface area contributed by atoms with E-state index >= 15 is 0 Å². The Morgan fingerprint density at radius 1 is 0.922 bits per heavy atom. The number of alkyl carbamates (subject to hydrolysis) is 1. The predicted molar refractivity (Wildman–Crippen MR) is 197 cm³/mol. The average Bonchev–Trinajstić information content (AvgIpc) is 3.40. The number of hydrogen-bond donors (Lipinski definition) is 4. The number of morpholine rings is 1. The fraction of sp³-hybridized carbons (Fsp3) is 0.512. The average molecular weight is 702 g/mol. The van der Waals surface area contributed by atoms with Crippen molar-refractivity contribution in [3.63, 3.8) is 0 Å². The second kappa shape index (κ2) is 17.5. The van der Waals surface area contributed by atoms with Gasteiger partial charge in [0, 0.05) is 31.0 Å². The maximum atomic E-state index is 14.1. The summed E-state index contributed by atoms with van der Waals surface area (Å²) in [6.07, 6.45) is -1.27. The van der Waals surface area contributed by atoms with Gasteiger partial charge in [-0.15, -0.1) is 0 Å². The van der Waals surface area contributed by atoms with E-state index in [0.29, 0.717) is 38.0 Å². The number of carbonyl (C=O) groups excluding carboxylic acids is 2. The first-order valence-electron chi connectivity index (χ1n) is 18.2. The molecule has 276 valence electrons. The van der Waals surface area contributed by atoms with Crippen molar-refractivity contribution in [2.24, 2.45) is 5.92 Å². The summed E-state index contributed by atoms with van der Waals surface area (Å²) >= 11 is 0. The minimum atomic E-state index is -1.08. The molecule has 5 rings (SSSR count). The topological polar surface area (TPSA) is 130 Å². The van der Waals surface area contributed by atoms with Crippen LogP contribution in [0.5, 0.6) is 5.75 Å². The molecule has 2 unspecified atom stereocenters. The highest BCUT2D eigenvalue weighted by molar-refractivity contribution is 5.80. The molecule has 1 aliphatic carbocycles. The molecule has 3 aromatic rings. The molecule has 2 amide bonds. The third-order valence-electron chi connectivity index (χ3n) is 9.74. The van der Waals surface area contributed by atoms with Gasteiger partial charge in [-0.2, -0.15) is 0 Å². The Labute approximate surface area is 302 Å². The summed E-state index contributed by atoms with van der Waals surface area (Å²) in [6, 6.07) is 24.4. The second-order valence-corrected chi connectivity index (χ2v) is 15.1. The van der Waals surface area contributed by atoms with Gasteiger partial charge in [-0.05, 0) is 88.3 Å². The zero-order valence-corrected chi connectivity index (χ0v) is 30.6. The number of benzene rings is 3. The Bertz CT molecular complexity index is 1550. The Morgan fingerprint density at radius 2 is 1.57 bits per heavy atom. The molecule has 0 spiro atoms. The molecular weight excluding hydrogens is 646 g/mol. The molecule has 0 saturated carbocycles. The number of hydrogen-bond acceptors (Lipinski definition) is 8. The van der Waals surface area contributed by atoms with Gasteiger partial charge in [0.15, 0.2) is 0 Å². The van der Waals surface area contributed by atoms with E-state index < -0.39 is 41.9 Å². The number of aliphatic hydroxyl groups is 2. The van der Waals surface area contributed by atoms with Crippen molar-refractivity contribution in [3.8, 4) is 5.75 Å². The van der Waals surface area contributed by atoms with Crippen LogP contribution in [0.4, 0.5) is 4.79 Å². The quantitative estimate of drug-likeness (QED) is 0.185. The lowest BCUT2D eigenvalue weighted by molar-refractivity contribution is -0.127. The lowest BCUT2D eigenvalue weighted by atomic mass is 9.88. The van der Waals surface area contributed by atoms with Crippen molar-refractivity contribution in [1.29, 1.82) is 0 Å². The molecule has 1 saturated heterocycles. The largest absolute Gasteiger partial charge is 0.492 e. The van der Waals surface area contributed by atoms with Crippen molar-refractivity contribution in [3.05, 3.63) is 101 Å². The van der Waals surface area contributed by atoms with E-state index in [-0.39, 0.29) is 12.3 Å². The fourth-order valence-corrected chi connectivity index (χ4v) is 7.12. The van der Waals surface area contributed by atoms with Crippen LogP contribution in [0.15, 0.2) is 78.9 Å². The van der Waals surface area contributed by atoms with E-state index in [0.717, 1.165) is 47.8 Å². The van der Waals surface area contributed by atoms with Crippen LogP contribution in [-0.2, 0) is 33.5 Å². The minimum Gasteiger partial charge on any atom is -0.492 e. The Kier molecular flexibility index (Phi) is 13.1. The summed E-state index contributed by atoms with van der Waals surface area (Å²) in [5, 5.41) is 28.6. The maximum absolute atomic E-state index is 14.1. The Morgan fingerprint density at radius 3 is 2.25 bits per heavy atom. The van der Waals surface area contributed by atoms with Gasteiger partial charge < -0.3 is 35.1 Å². The van der Waals surface area contributed by atoms with Crippen molar-refractivity contribution in [2.75, 3.05) is 26.4 Å². The fourth-order valence-electron chi connectivity index (χ4n) is 7.12. The molecule has 10 heteroatoms. The molecule has 1 aliphatic heterocycles. The molecule has 1 heterocycles. The predicted octanol–water partition coefficient (Wildman–Crippen LogP) is 4.99. The van der Waals surface area contributed by atoms with Crippen LogP contribution < -0.4 is 15.4 Å². The van der Waals surface area contributed by atoms with E-state index in [4.69, 9.17) is 14.2 Å². The van der Waals surface area contributed by atoms with Crippen LogP contribution in [0, 0.1) is 5.92 Å². The highest BCUT2D eigenvalue weighted by Crippen LogP contribution is 2.32. The van der Waals surface area contributed by atoms with E-state index in [9.17, 15) is 19.8 Å². The summed E-state index contributed by atoms with van der Waals surface area (Å²) < 4.78 is 17.3. The number of aliphatic hydroxyl groups excluding tert-OH is 2. The summed E-state index contributed by atoms with van der Waals surface area (Å²) in [7, 11) is 0. The molecule has 1 fully saturated rings. The van der Waals surface area contributed by atoms with Gasteiger partial charge in [-0.3, -0.25) is 9.69 Å². The highest BCUT2D eigenvalue weighted by atomic mass is 16.6. The zero-order valence-electron chi connectivity index (χ0n) is 30.6. The lowest BCUT2D eigenvalue weighted by Crippen LogP contribution is -2.50. The molecule has 0 aromatic heterocycles. The van der Waals surface area contributed by atoms with Gasteiger partial charge in [0.1, 0.15) is 18.0 Å². The van der Waals surface area contributed by atoms with Gasteiger partial charge in [-0.25, -0.2) is 4.79 Å². The van der Waals surface area contributed by atoms with Crippen LogP contribution in [-0.4, -0.2) is 89.4 Å².